The number of alkyl halides is 2. The summed E-state index contributed by atoms with van der Waals surface area (Å²) in [5.74, 6) is 3.35. The number of rotatable bonds is 6. The molecular formula is C24H33Cl2NO3. The van der Waals surface area contributed by atoms with Crippen LogP contribution in [0.3, 0.4) is 0 Å². The van der Waals surface area contributed by atoms with Gasteiger partial charge in [-0.25, -0.2) is 4.79 Å². The van der Waals surface area contributed by atoms with Gasteiger partial charge in [0.25, 0.3) is 0 Å². The van der Waals surface area contributed by atoms with E-state index >= 15 is 0 Å². The Hall–Kier alpha value is -0.970. The summed E-state index contributed by atoms with van der Waals surface area (Å²) in [5.41, 5.74) is 2.84. The first-order valence-electron chi connectivity index (χ1n) is 11.4. The molecule has 1 N–H and O–H groups in total. The van der Waals surface area contributed by atoms with Gasteiger partial charge in [0, 0.05) is 24.8 Å². The maximum absolute atomic E-state index is 12.6. The number of hydrogen-bond donors (Lipinski definition) is 1. The van der Waals surface area contributed by atoms with Crippen LogP contribution in [0.5, 0.6) is 5.75 Å². The van der Waals surface area contributed by atoms with E-state index in [1.807, 2.05) is 6.07 Å². The van der Waals surface area contributed by atoms with Gasteiger partial charge in [-0.15, -0.1) is 23.2 Å². The maximum atomic E-state index is 12.6. The summed E-state index contributed by atoms with van der Waals surface area (Å²) < 4.78 is 5.68. The summed E-state index contributed by atoms with van der Waals surface area (Å²) in [6.45, 7) is 3.31. The van der Waals surface area contributed by atoms with Crippen LogP contribution < -0.4 is 4.74 Å². The Morgan fingerprint density at radius 2 is 2.03 bits per heavy atom. The molecule has 1 aromatic rings. The Morgan fingerprint density at radius 3 is 2.80 bits per heavy atom. The second-order valence-corrected chi connectivity index (χ2v) is 10.3. The van der Waals surface area contributed by atoms with E-state index in [4.69, 9.17) is 27.9 Å². The van der Waals surface area contributed by atoms with Crippen LogP contribution in [0.1, 0.15) is 62.5 Å². The van der Waals surface area contributed by atoms with E-state index in [1.165, 1.54) is 11.1 Å². The van der Waals surface area contributed by atoms with Crippen molar-refractivity contribution in [2.45, 2.75) is 63.9 Å². The second-order valence-electron chi connectivity index (χ2n) is 9.50. The number of benzene rings is 1. The van der Waals surface area contributed by atoms with Gasteiger partial charge in [-0.1, -0.05) is 13.0 Å². The van der Waals surface area contributed by atoms with Gasteiger partial charge in [0.05, 0.1) is 6.10 Å². The topological polar surface area (TPSA) is 49.8 Å². The van der Waals surface area contributed by atoms with Crippen LogP contribution >= 0.6 is 23.2 Å². The molecule has 166 valence electrons. The number of fused-ring (bicyclic) bond motifs is 5. The van der Waals surface area contributed by atoms with Gasteiger partial charge in [0.1, 0.15) is 5.75 Å². The summed E-state index contributed by atoms with van der Waals surface area (Å²) in [6, 6.07) is 6.17. The van der Waals surface area contributed by atoms with Crippen LogP contribution in [0.4, 0.5) is 4.79 Å². The van der Waals surface area contributed by atoms with E-state index in [1.54, 1.807) is 4.90 Å². The summed E-state index contributed by atoms with van der Waals surface area (Å²) in [7, 11) is 0. The average molecular weight is 454 g/mol. The molecule has 0 unspecified atom stereocenters. The first kappa shape index (κ1) is 22.2. The highest BCUT2D eigenvalue weighted by Crippen LogP contribution is 2.60. The molecule has 3 aliphatic carbocycles. The third kappa shape index (κ3) is 4.08. The third-order valence-electron chi connectivity index (χ3n) is 8.03. The molecule has 0 bridgehead atoms. The molecule has 4 nitrogen and oxygen atoms in total. The van der Waals surface area contributed by atoms with Crippen molar-refractivity contribution in [1.82, 2.24) is 4.90 Å². The summed E-state index contributed by atoms with van der Waals surface area (Å²) in [4.78, 5) is 14.2. The molecule has 6 heteroatoms. The molecule has 0 saturated heterocycles. The zero-order valence-corrected chi connectivity index (χ0v) is 19.3. The SMILES string of the molecule is C[C@]12CC[C@@H]3c4ccc(OC(=O)N(CCCl)CCCCl)cc4CC[C@H]3[C@@H]1CC[C@@H]2O. The minimum atomic E-state index is -0.359. The van der Waals surface area contributed by atoms with Crippen molar-refractivity contribution in [3.05, 3.63) is 29.3 Å². The molecule has 2 saturated carbocycles. The zero-order valence-electron chi connectivity index (χ0n) is 17.8. The molecule has 4 rings (SSSR count). The van der Waals surface area contributed by atoms with Gasteiger partial charge in [-0.05, 0) is 91.4 Å². The predicted molar refractivity (Wildman–Crippen MR) is 121 cm³/mol. The van der Waals surface area contributed by atoms with Crippen LogP contribution in [0, 0.1) is 17.3 Å². The molecule has 0 spiro atoms. The lowest BCUT2D eigenvalue weighted by Crippen LogP contribution is -2.43. The van der Waals surface area contributed by atoms with E-state index in [2.05, 4.69) is 19.1 Å². The minimum absolute atomic E-state index is 0.100. The standard InChI is InChI=1S/C24H33Cl2NO3/c1-24-10-9-19-18-6-4-17(30-23(29)27(14-12-26)13-2-11-25)15-16(18)3-5-20(19)21(24)7-8-22(24)28/h4,6,15,19-22,28H,2-3,5,7-14H2,1H3/t19-,20-,21+,22+,24+/m1/s1. The predicted octanol–water partition coefficient (Wildman–Crippen LogP) is 5.57. The fourth-order valence-corrected chi connectivity index (χ4v) is 6.73. The van der Waals surface area contributed by atoms with Crippen LogP contribution in [-0.4, -0.2) is 47.1 Å². The smallest absolute Gasteiger partial charge is 0.410 e. The van der Waals surface area contributed by atoms with Crippen molar-refractivity contribution in [2.75, 3.05) is 24.8 Å². The fraction of sp³-hybridized carbons (Fsp3) is 0.708. The van der Waals surface area contributed by atoms with Gasteiger partial charge in [-0.3, -0.25) is 0 Å². The van der Waals surface area contributed by atoms with E-state index in [9.17, 15) is 9.90 Å². The summed E-state index contributed by atoms with van der Waals surface area (Å²) >= 11 is 11.6. The van der Waals surface area contributed by atoms with Crippen molar-refractivity contribution in [3.63, 3.8) is 0 Å². The number of halogens is 2. The quantitative estimate of drug-likeness (QED) is 0.572. The molecule has 3 aliphatic rings. The number of ether oxygens (including phenoxy) is 1. The van der Waals surface area contributed by atoms with Gasteiger partial charge >= 0.3 is 6.09 Å². The van der Waals surface area contributed by atoms with Crippen LogP contribution in [0.2, 0.25) is 0 Å². The van der Waals surface area contributed by atoms with E-state index in [0.29, 0.717) is 48.4 Å². The lowest BCUT2D eigenvalue weighted by Gasteiger charge is -2.50. The molecule has 0 heterocycles. The van der Waals surface area contributed by atoms with Gasteiger partial charge in [-0.2, -0.15) is 0 Å². The van der Waals surface area contributed by atoms with Gasteiger partial charge in [0.15, 0.2) is 0 Å². The first-order valence-corrected chi connectivity index (χ1v) is 12.4. The number of amides is 1. The minimum Gasteiger partial charge on any atom is -0.410 e. The van der Waals surface area contributed by atoms with Gasteiger partial charge < -0.3 is 14.7 Å². The van der Waals surface area contributed by atoms with Crippen molar-refractivity contribution in [1.29, 1.82) is 0 Å². The zero-order chi connectivity index (χ0) is 21.3. The highest BCUT2D eigenvalue weighted by Gasteiger charge is 2.54. The normalized spacial score (nSPS) is 32.1. The molecule has 2 fully saturated rings. The first-order chi connectivity index (χ1) is 14.5. The van der Waals surface area contributed by atoms with Gasteiger partial charge in [0.2, 0.25) is 0 Å². The van der Waals surface area contributed by atoms with Crippen molar-refractivity contribution >= 4 is 29.3 Å². The highest BCUT2D eigenvalue weighted by atomic mass is 35.5. The van der Waals surface area contributed by atoms with Crippen LogP contribution in [0.25, 0.3) is 0 Å². The number of carbonyl (C=O) groups is 1. The number of hydrogen-bond acceptors (Lipinski definition) is 3. The Morgan fingerprint density at radius 1 is 1.20 bits per heavy atom. The number of aliphatic hydroxyl groups excluding tert-OH is 1. The summed E-state index contributed by atoms with van der Waals surface area (Å²) in [5, 5.41) is 10.6. The number of aryl methyl sites for hydroxylation is 1. The van der Waals surface area contributed by atoms with Crippen molar-refractivity contribution in [2.24, 2.45) is 17.3 Å². The van der Waals surface area contributed by atoms with E-state index < -0.39 is 0 Å². The Kier molecular flexibility index (Phi) is 6.86. The van der Waals surface area contributed by atoms with Crippen molar-refractivity contribution in [3.8, 4) is 5.75 Å². The van der Waals surface area contributed by atoms with Crippen molar-refractivity contribution < 1.29 is 14.6 Å². The second kappa shape index (κ2) is 9.26. The summed E-state index contributed by atoms with van der Waals surface area (Å²) in [6.07, 6.45) is 6.75. The molecule has 1 amide bonds. The molecule has 0 aromatic heterocycles. The molecular weight excluding hydrogens is 421 g/mol. The number of carbonyl (C=O) groups excluding carboxylic acids is 1. The Bertz CT molecular complexity index is 773. The Balaban J connectivity index is 1.47. The maximum Gasteiger partial charge on any atom is 0.415 e. The van der Waals surface area contributed by atoms with E-state index in [-0.39, 0.29) is 17.6 Å². The third-order valence-corrected chi connectivity index (χ3v) is 8.46. The number of aliphatic hydroxyl groups is 1. The molecule has 5 atom stereocenters. The molecule has 0 radical (unpaired) electrons. The number of nitrogens with zero attached hydrogens (tertiary/aromatic N) is 1. The Labute approximate surface area is 189 Å². The average Bonchev–Trinajstić information content (AvgIpc) is 3.05. The van der Waals surface area contributed by atoms with Crippen LogP contribution in [0.15, 0.2) is 18.2 Å². The fourth-order valence-electron chi connectivity index (χ4n) is 6.41. The highest BCUT2D eigenvalue weighted by molar-refractivity contribution is 6.18. The lowest BCUT2D eigenvalue weighted by atomic mass is 9.55. The molecule has 1 aromatic carbocycles. The largest absolute Gasteiger partial charge is 0.415 e. The van der Waals surface area contributed by atoms with E-state index in [0.717, 1.165) is 44.9 Å². The molecule has 30 heavy (non-hydrogen) atoms. The monoisotopic (exact) mass is 453 g/mol. The lowest BCUT2D eigenvalue weighted by molar-refractivity contribution is -0.0226. The van der Waals surface area contributed by atoms with Crippen LogP contribution in [-0.2, 0) is 6.42 Å². The molecule has 0 aliphatic heterocycles.